The zero-order valence-electron chi connectivity index (χ0n) is 16.7. The molecule has 1 aliphatic heterocycles. The summed E-state index contributed by atoms with van der Waals surface area (Å²) >= 11 is 5.90. The van der Waals surface area contributed by atoms with Crippen LogP contribution >= 0.6 is 11.6 Å². The number of nitrogens with zero attached hydrogens (tertiary/aromatic N) is 2. The maximum atomic E-state index is 12.5. The third kappa shape index (κ3) is 4.22. The normalized spacial score (nSPS) is 15.4. The van der Waals surface area contributed by atoms with Crippen LogP contribution < -0.4 is 9.47 Å². The summed E-state index contributed by atoms with van der Waals surface area (Å²) < 4.78 is 11.3. The number of carbonyl (C=O) groups is 2. The summed E-state index contributed by atoms with van der Waals surface area (Å²) in [5.41, 5.74) is 2.22. The Kier molecular flexibility index (Phi) is 6.24. The van der Waals surface area contributed by atoms with E-state index in [0.717, 1.165) is 10.5 Å². The minimum absolute atomic E-state index is 0.0433. The van der Waals surface area contributed by atoms with E-state index in [0.29, 0.717) is 34.3 Å². The van der Waals surface area contributed by atoms with E-state index in [1.165, 1.54) is 14.2 Å². The fourth-order valence-electron chi connectivity index (χ4n) is 3.00. The Balaban J connectivity index is 1.89. The number of amides is 2. The number of methoxy groups -OCH3 is 1. The molecular weight excluding hydrogens is 404 g/mol. The second-order valence-electron chi connectivity index (χ2n) is 6.66. The van der Waals surface area contributed by atoms with Crippen LogP contribution in [0.25, 0.3) is 6.08 Å². The van der Waals surface area contributed by atoms with Gasteiger partial charge in [-0.2, -0.15) is 5.26 Å². The van der Waals surface area contributed by atoms with E-state index in [2.05, 4.69) is 0 Å². The standard InChI is InChI=1S/C23H19ClN2O4/c1-14-18(22(27)26(2)23(28)19(14)12-25)10-16-6-9-20(21(11-16)29-3)30-13-15-4-7-17(24)8-5-15/h4-11H,13H2,1-3H3/b18-10+. The predicted molar refractivity (Wildman–Crippen MR) is 113 cm³/mol. The van der Waals surface area contributed by atoms with Crippen LogP contribution in [-0.4, -0.2) is 30.9 Å². The molecule has 0 N–H and O–H groups in total. The summed E-state index contributed by atoms with van der Waals surface area (Å²) in [5.74, 6) is -0.0193. The molecule has 7 heteroatoms. The SMILES string of the molecule is COc1cc(/C=C2/C(=O)N(C)C(=O)C(C#N)=C2C)ccc1OCc1ccc(Cl)cc1. The molecule has 2 aromatic rings. The molecule has 0 bridgehead atoms. The van der Waals surface area contributed by atoms with Gasteiger partial charge in [0, 0.05) is 17.6 Å². The Labute approximate surface area is 179 Å². The zero-order valence-corrected chi connectivity index (χ0v) is 17.5. The number of hydrogen-bond acceptors (Lipinski definition) is 5. The number of benzene rings is 2. The van der Waals surface area contributed by atoms with Gasteiger partial charge in [-0.1, -0.05) is 29.8 Å². The second kappa shape index (κ2) is 8.85. The average Bonchev–Trinajstić information content (AvgIpc) is 2.75. The Bertz CT molecular complexity index is 1110. The summed E-state index contributed by atoms with van der Waals surface area (Å²) in [4.78, 5) is 25.6. The fourth-order valence-corrected chi connectivity index (χ4v) is 3.13. The van der Waals surface area contributed by atoms with Gasteiger partial charge in [0.05, 0.1) is 7.11 Å². The summed E-state index contributed by atoms with van der Waals surface area (Å²) in [6.07, 6.45) is 1.63. The quantitative estimate of drug-likeness (QED) is 0.534. The van der Waals surface area contributed by atoms with E-state index >= 15 is 0 Å². The second-order valence-corrected chi connectivity index (χ2v) is 7.10. The Morgan fingerprint density at radius 1 is 1.10 bits per heavy atom. The first kappa shape index (κ1) is 21.2. The minimum Gasteiger partial charge on any atom is -0.493 e. The average molecular weight is 423 g/mol. The zero-order chi connectivity index (χ0) is 21.8. The highest BCUT2D eigenvalue weighted by Gasteiger charge is 2.32. The molecular formula is C23H19ClN2O4. The van der Waals surface area contributed by atoms with Crippen LogP contribution in [0, 0.1) is 11.3 Å². The lowest BCUT2D eigenvalue weighted by atomic mass is 9.94. The van der Waals surface area contributed by atoms with E-state index in [9.17, 15) is 14.9 Å². The van der Waals surface area contributed by atoms with E-state index in [-0.39, 0.29) is 11.1 Å². The lowest BCUT2D eigenvalue weighted by Gasteiger charge is -2.23. The van der Waals surface area contributed by atoms with Crippen molar-refractivity contribution in [2.24, 2.45) is 0 Å². The van der Waals surface area contributed by atoms with Gasteiger partial charge in [0.2, 0.25) is 0 Å². The first-order valence-electron chi connectivity index (χ1n) is 9.06. The minimum atomic E-state index is -0.597. The molecule has 0 atom stereocenters. The number of halogens is 1. The molecule has 0 saturated heterocycles. The predicted octanol–water partition coefficient (Wildman–Crippen LogP) is 4.15. The van der Waals surface area contributed by atoms with E-state index in [1.54, 1.807) is 43.3 Å². The van der Waals surface area contributed by atoms with Crippen molar-refractivity contribution in [1.82, 2.24) is 4.90 Å². The number of likely N-dealkylation sites (N-methyl/N-ethyl adjacent to an activating group) is 1. The highest BCUT2D eigenvalue weighted by molar-refractivity contribution is 6.30. The van der Waals surface area contributed by atoms with Crippen molar-refractivity contribution in [2.45, 2.75) is 13.5 Å². The van der Waals surface area contributed by atoms with Gasteiger partial charge in [0.25, 0.3) is 11.8 Å². The topological polar surface area (TPSA) is 79.6 Å². The Hall–Kier alpha value is -3.56. The molecule has 0 aliphatic carbocycles. The highest BCUT2D eigenvalue weighted by atomic mass is 35.5. The van der Waals surface area contributed by atoms with Crippen LogP contribution in [0.1, 0.15) is 18.1 Å². The molecule has 0 radical (unpaired) electrons. The number of hydrogen-bond donors (Lipinski definition) is 0. The van der Waals surface area contributed by atoms with Crippen LogP contribution in [-0.2, 0) is 16.2 Å². The number of carbonyl (C=O) groups excluding carboxylic acids is 2. The van der Waals surface area contributed by atoms with Crippen molar-refractivity contribution in [3.05, 3.63) is 75.3 Å². The monoisotopic (exact) mass is 422 g/mol. The van der Waals surface area contributed by atoms with Crippen LogP contribution in [0.3, 0.4) is 0 Å². The van der Waals surface area contributed by atoms with Crippen molar-refractivity contribution in [3.8, 4) is 17.6 Å². The van der Waals surface area contributed by atoms with E-state index in [4.69, 9.17) is 21.1 Å². The molecule has 0 unspecified atom stereocenters. The molecule has 3 rings (SSSR count). The van der Waals surface area contributed by atoms with E-state index in [1.807, 2.05) is 18.2 Å². The molecule has 152 valence electrons. The summed E-state index contributed by atoms with van der Waals surface area (Å²) in [7, 11) is 2.88. The van der Waals surface area contributed by atoms with Gasteiger partial charge in [-0.25, -0.2) is 0 Å². The number of rotatable bonds is 5. The third-order valence-corrected chi connectivity index (χ3v) is 5.00. The number of imide groups is 1. The molecule has 6 nitrogen and oxygen atoms in total. The molecule has 2 amide bonds. The van der Waals surface area contributed by atoms with Crippen molar-refractivity contribution < 1.29 is 19.1 Å². The third-order valence-electron chi connectivity index (χ3n) is 4.75. The largest absolute Gasteiger partial charge is 0.493 e. The van der Waals surface area contributed by atoms with Crippen LogP contribution in [0.2, 0.25) is 5.02 Å². The summed E-state index contributed by atoms with van der Waals surface area (Å²) in [5, 5.41) is 9.92. The van der Waals surface area contributed by atoms with Gasteiger partial charge in [0.1, 0.15) is 18.2 Å². The van der Waals surface area contributed by atoms with Gasteiger partial charge >= 0.3 is 0 Å². The van der Waals surface area contributed by atoms with Crippen molar-refractivity contribution in [1.29, 1.82) is 5.26 Å². The molecule has 1 aliphatic rings. The Morgan fingerprint density at radius 2 is 1.80 bits per heavy atom. The molecule has 30 heavy (non-hydrogen) atoms. The molecule has 0 spiro atoms. The van der Waals surface area contributed by atoms with Gasteiger partial charge in [-0.3, -0.25) is 14.5 Å². The molecule has 0 fully saturated rings. The maximum absolute atomic E-state index is 12.5. The first-order valence-corrected chi connectivity index (χ1v) is 9.44. The molecule has 0 aromatic heterocycles. The smallest absolute Gasteiger partial charge is 0.271 e. The lowest BCUT2D eigenvalue weighted by Crippen LogP contribution is -2.39. The van der Waals surface area contributed by atoms with Crippen LogP contribution in [0.4, 0.5) is 0 Å². The maximum Gasteiger partial charge on any atom is 0.271 e. The van der Waals surface area contributed by atoms with Gasteiger partial charge in [-0.05, 0) is 54.0 Å². The van der Waals surface area contributed by atoms with Crippen molar-refractivity contribution in [3.63, 3.8) is 0 Å². The lowest BCUT2D eigenvalue weighted by molar-refractivity contribution is -0.138. The summed E-state index contributed by atoms with van der Waals surface area (Å²) in [6, 6.07) is 14.5. The van der Waals surface area contributed by atoms with E-state index < -0.39 is 11.8 Å². The summed E-state index contributed by atoms with van der Waals surface area (Å²) in [6.45, 7) is 1.93. The molecule has 1 heterocycles. The van der Waals surface area contributed by atoms with Crippen LogP contribution in [0.5, 0.6) is 11.5 Å². The number of ether oxygens (including phenoxy) is 2. The van der Waals surface area contributed by atoms with Crippen LogP contribution in [0.15, 0.2) is 59.2 Å². The van der Waals surface area contributed by atoms with Gasteiger partial charge < -0.3 is 9.47 Å². The fraction of sp³-hybridized carbons (Fsp3) is 0.174. The molecule has 2 aromatic carbocycles. The first-order chi connectivity index (χ1) is 14.3. The van der Waals surface area contributed by atoms with Gasteiger partial charge in [-0.15, -0.1) is 0 Å². The van der Waals surface area contributed by atoms with Gasteiger partial charge in [0.15, 0.2) is 11.5 Å². The van der Waals surface area contributed by atoms with Crippen molar-refractivity contribution >= 4 is 29.5 Å². The number of nitriles is 1. The molecule has 0 saturated carbocycles. The highest BCUT2D eigenvalue weighted by Crippen LogP contribution is 2.32. The van der Waals surface area contributed by atoms with Crippen molar-refractivity contribution in [2.75, 3.05) is 14.2 Å². The Morgan fingerprint density at radius 3 is 2.43 bits per heavy atom.